The van der Waals surface area contributed by atoms with Crippen molar-refractivity contribution in [3.63, 3.8) is 0 Å². The van der Waals surface area contributed by atoms with Crippen molar-refractivity contribution in [1.82, 2.24) is 14.8 Å². The maximum absolute atomic E-state index is 12.9. The van der Waals surface area contributed by atoms with Gasteiger partial charge in [0.2, 0.25) is 5.91 Å². The van der Waals surface area contributed by atoms with Crippen molar-refractivity contribution in [2.75, 3.05) is 18.2 Å². The highest BCUT2D eigenvalue weighted by Gasteiger charge is 2.25. The lowest BCUT2D eigenvalue weighted by atomic mass is 10.0. The zero-order chi connectivity index (χ0) is 26.4. The van der Waals surface area contributed by atoms with Gasteiger partial charge in [0, 0.05) is 17.0 Å². The van der Waals surface area contributed by atoms with E-state index in [2.05, 4.69) is 15.5 Å². The van der Waals surface area contributed by atoms with Gasteiger partial charge in [0.15, 0.2) is 11.0 Å². The Hall–Kier alpha value is -3.63. The van der Waals surface area contributed by atoms with Crippen LogP contribution in [0.1, 0.15) is 33.5 Å². The number of carbonyl (C=O) groups is 2. The van der Waals surface area contributed by atoms with Crippen LogP contribution in [-0.2, 0) is 22.7 Å². The zero-order valence-corrected chi connectivity index (χ0v) is 22.7. The number of carbonyl (C=O) groups excluding carboxylic acids is 2. The van der Waals surface area contributed by atoms with Gasteiger partial charge in [0.05, 0.1) is 12.9 Å². The number of hydrogen-bond donors (Lipinski definition) is 1. The van der Waals surface area contributed by atoms with Gasteiger partial charge in [0.25, 0.3) is 0 Å². The fraction of sp³-hybridized carbons (Fsp3) is 0.259. The number of thioether (sulfide) groups is 1. The molecule has 0 saturated carbocycles. The van der Waals surface area contributed by atoms with Crippen LogP contribution in [0.2, 0.25) is 0 Å². The quantitative estimate of drug-likeness (QED) is 0.204. The van der Waals surface area contributed by atoms with E-state index in [-0.39, 0.29) is 18.3 Å². The van der Waals surface area contributed by atoms with E-state index in [1.165, 1.54) is 30.2 Å². The van der Waals surface area contributed by atoms with Crippen molar-refractivity contribution < 1.29 is 19.1 Å². The first kappa shape index (κ1) is 26.4. The highest BCUT2D eigenvalue weighted by Crippen LogP contribution is 2.40. The summed E-state index contributed by atoms with van der Waals surface area (Å²) in [7, 11) is 1.34. The molecule has 0 radical (unpaired) electrons. The maximum atomic E-state index is 12.9. The summed E-state index contributed by atoms with van der Waals surface area (Å²) in [5, 5.41) is 12.5. The van der Waals surface area contributed by atoms with Crippen LogP contribution < -0.4 is 10.1 Å². The SMILES string of the molecule is CCn1c(COc2ccccc2C)nnc1SCC(=O)Nc1sc(C)c(-c2ccccc2)c1C(=O)OC. The minimum atomic E-state index is -0.491. The molecule has 1 N–H and O–H groups in total. The molecule has 0 aliphatic carbocycles. The zero-order valence-electron chi connectivity index (χ0n) is 21.1. The van der Waals surface area contributed by atoms with Gasteiger partial charge in [0.1, 0.15) is 22.9 Å². The molecule has 37 heavy (non-hydrogen) atoms. The molecule has 0 bridgehead atoms. The lowest BCUT2D eigenvalue weighted by Gasteiger charge is -2.10. The first-order chi connectivity index (χ1) is 17.9. The monoisotopic (exact) mass is 536 g/mol. The minimum absolute atomic E-state index is 0.106. The number of hydrogen-bond acceptors (Lipinski definition) is 8. The van der Waals surface area contributed by atoms with Crippen molar-refractivity contribution in [1.29, 1.82) is 0 Å². The average Bonchev–Trinajstić information content (AvgIpc) is 3.46. The summed E-state index contributed by atoms with van der Waals surface area (Å²) in [5.41, 5.74) is 3.07. The molecule has 2 aromatic carbocycles. The smallest absolute Gasteiger partial charge is 0.341 e. The molecule has 0 saturated heterocycles. The Kier molecular flexibility index (Phi) is 8.62. The molecule has 1 amide bonds. The number of nitrogens with one attached hydrogen (secondary N) is 1. The third-order valence-electron chi connectivity index (χ3n) is 5.68. The molecule has 192 valence electrons. The second-order valence-electron chi connectivity index (χ2n) is 8.13. The number of para-hydroxylation sites is 1. The normalized spacial score (nSPS) is 10.8. The molecule has 10 heteroatoms. The number of thiophene rings is 1. The van der Waals surface area contributed by atoms with Crippen LogP contribution >= 0.6 is 23.1 Å². The third kappa shape index (κ3) is 6.03. The van der Waals surface area contributed by atoms with Crippen LogP contribution in [0.15, 0.2) is 59.8 Å². The Labute approximate surface area is 224 Å². The molecule has 4 aromatic rings. The molecule has 0 aliphatic rings. The van der Waals surface area contributed by atoms with E-state index >= 15 is 0 Å². The molecule has 0 unspecified atom stereocenters. The molecular formula is C27H28N4O4S2. The summed E-state index contributed by atoms with van der Waals surface area (Å²) in [5.74, 6) is 0.844. The van der Waals surface area contributed by atoms with Crippen LogP contribution in [0.25, 0.3) is 11.1 Å². The van der Waals surface area contributed by atoms with Gasteiger partial charge in [-0.3, -0.25) is 4.79 Å². The summed E-state index contributed by atoms with van der Waals surface area (Å²) >= 11 is 2.64. The summed E-state index contributed by atoms with van der Waals surface area (Å²) < 4.78 is 12.9. The summed E-state index contributed by atoms with van der Waals surface area (Å²) in [6, 6.07) is 17.4. The van der Waals surface area contributed by atoms with Crippen molar-refractivity contribution in [3.05, 3.63) is 76.4 Å². The van der Waals surface area contributed by atoms with Gasteiger partial charge in [-0.25, -0.2) is 4.79 Å². The van der Waals surface area contributed by atoms with Crippen molar-refractivity contribution >= 4 is 40.0 Å². The predicted molar refractivity (Wildman–Crippen MR) is 146 cm³/mol. The second kappa shape index (κ2) is 12.1. The summed E-state index contributed by atoms with van der Waals surface area (Å²) in [6.07, 6.45) is 0. The summed E-state index contributed by atoms with van der Waals surface area (Å²) in [4.78, 5) is 26.5. The lowest BCUT2D eigenvalue weighted by molar-refractivity contribution is -0.113. The number of nitrogens with zero attached hydrogens (tertiary/aromatic N) is 3. The van der Waals surface area contributed by atoms with Crippen LogP contribution in [-0.4, -0.2) is 39.5 Å². The van der Waals surface area contributed by atoms with Gasteiger partial charge in [-0.1, -0.05) is 60.3 Å². The van der Waals surface area contributed by atoms with Gasteiger partial charge >= 0.3 is 5.97 Å². The number of aromatic nitrogens is 3. The highest BCUT2D eigenvalue weighted by atomic mass is 32.2. The lowest BCUT2D eigenvalue weighted by Crippen LogP contribution is -2.16. The van der Waals surface area contributed by atoms with Gasteiger partial charge in [-0.2, -0.15) is 0 Å². The van der Waals surface area contributed by atoms with Crippen LogP contribution in [0.4, 0.5) is 5.00 Å². The Morgan fingerprint density at radius 1 is 1.05 bits per heavy atom. The number of amides is 1. The van der Waals surface area contributed by atoms with E-state index < -0.39 is 5.97 Å². The topological polar surface area (TPSA) is 95.3 Å². The molecule has 0 fully saturated rings. The predicted octanol–water partition coefficient (Wildman–Crippen LogP) is 5.74. The van der Waals surface area contributed by atoms with E-state index in [1.54, 1.807) is 0 Å². The summed E-state index contributed by atoms with van der Waals surface area (Å²) in [6.45, 7) is 6.82. The number of ether oxygens (including phenoxy) is 2. The molecule has 8 nitrogen and oxygen atoms in total. The number of rotatable bonds is 10. The molecule has 2 heterocycles. The Morgan fingerprint density at radius 3 is 2.49 bits per heavy atom. The first-order valence-electron chi connectivity index (χ1n) is 11.7. The van der Waals surface area contributed by atoms with E-state index in [1.807, 2.05) is 79.9 Å². The molecule has 2 aromatic heterocycles. The number of anilines is 1. The van der Waals surface area contributed by atoms with E-state index in [0.717, 1.165) is 27.3 Å². The van der Waals surface area contributed by atoms with Gasteiger partial charge in [-0.05, 0) is 38.0 Å². The van der Waals surface area contributed by atoms with Crippen LogP contribution in [0.5, 0.6) is 5.75 Å². The van der Waals surface area contributed by atoms with E-state index in [9.17, 15) is 9.59 Å². The molecule has 4 rings (SSSR count). The number of esters is 1. The Morgan fingerprint density at radius 2 is 1.78 bits per heavy atom. The average molecular weight is 537 g/mol. The number of methoxy groups -OCH3 is 1. The molecule has 0 atom stereocenters. The standard InChI is InChI=1S/C27H28N4O4S2/c1-5-31-21(15-35-20-14-10-9-11-17(20)2)29-30-27(31)36-16-22(32)28-25-24(26(33)34-4)23(18(3)37-25)19-12-7-6-8-13-19/h6-14H,5,15-16H2,1-4H3,(H,28,32). The Balaban J connectivity index is 1.45. The van der Waals surface area contributed by atoms with Crippen molar-refractivity contribution in [2.45, 2.75) is 39.1 Å². The second-order valence-corrected chi connectivity index (χ2v) is 10.3. The molecular weight excluding hydrogens is 508 g/mol. The number of benzene rings is 2. The van der Waals surface area contributed by atoms with E-state index in [4.69, 9.17) is 9.47 Å². The number of aryl methyl sites for hydroxylation is 2. The fourth-order valence-electron chi connectivity index (χ4n) is 3.89. The van der Waals surface area contributed by atoms with Gasteiger partial charge in [-0.15, -0.1) is 21.5 Å². The minimum Gasteiger partial charge on any atom is -0.485 e. The first-order valence-corrected chi connectivity index (χ1v) is 13.5. The third-order valence-corrected chi connectivity index (χ3v) is 7.67. The molecule has 0 aliphatic heterocycles. The van der Waals surface area contributed by atoms with Crippen molar-refractivity contribution in [3.8, 4) is 16.9 Å². The van der Waals surface area contributed by atoms with Crippen LogP contribution in [0.3, 0.4) is 0 Å². The fourth-order valence-corrected chi connectivity index (χ4v) is 5.79. The van der Waals surface area contributed by atoms with Crippen LogP contribution in [0, 0.1) is 13.8 Å². The largest absolute Gasteiger partial charge is 0.485 e. The highest BCUT2D eigenvalue weighted by molar-refractivity contribution is 7.99. The van der Waals surface area contributed by atoms with Gasteiger partial charge < -0.3 is 19.4 Å². The Bertz CT molecular complexity index is 1400. The maximum Gasteiger partial charge on any atom is 0.341 e. The van der Waals surface area contributed by atoms with Crippen molar-refractivity contribution in [2.24, 2.45) is 0 Å². The molecule has 0 spiro atoms. The van der Waals surface area contributed by atoms with E-state index in [0.29, 0.717) is 28.1 Å².